The predicted molar refractivity (Wildman–Crippen MR) is 24.7 cm³/mol. The van der Waals surface area contributed by atoms with Crippen molar-refractivity contribution in [1.82, 2.24) is 0 Å². The van der Waals surface area contributed by atoms with Crippen LogP contribution >= 0.6 is 0 Å². The number of rotatable bonds is 2. The Morgan fingerprint density at radius 1 is 1.00 bits per heavy atom. The average molecular weight is 115 g/mol. The van der Waals surface area contributed by atoms with Crippen molar-refractivity contribution in [3.05, 3.63) is 0 Å². The number of hydrogen-bond acceptors (Lipinski definition) is 2. The quantitative estimate of drug-likeness (QED) is 0.319. The van der Waals surface area contributed by atoms with Gasteiger partial charge >= 0.3 is 0 Å². The second-order valence-corrected chi connectivity index (χ2v) is 0.673. The molecule has 7 nitrogen and oxygen atoms in total. The van der Waals surface area contributed by atoms with Gasteiger partial charge in [-0.3, -0.25) is 0 Å². The van der Waals surface area contributed by atoms with Crippen LogP contribution in [0.3, 0.4) is 0 Å². The van der Waals surface area contributed by atoms with E-state index in [0.29, 0.717) is 0 Å². The Kier molecular flexibility index (Phi) is 4.62. The van der Waals surface area contributed by atoms with Crippen LogP contribution in [0.4, 0.5) is 0 Å². The molecule has 0 spiro atoms. The van der Waals surface area contributed by atoms with E-state index in [0.717, 1.165) is 0 Å². The molecule has 0 unspecified atom stereocenters. The van der Waals surface area contributed by atoms with Crippen LogP contribution in [0, 0.1) is 0 Å². The van der Waals surface area contributed by atoms with Crippen LogP contribution in [0.15, 0.2) is 31.2 Å². The highest BCUT2D eigenvalue weighted by Gasteiger charge is 1.59. The van der Waals surface area contributed by atoms with Gasteiger partial charge in [-0.2, -0.15) is 5.11 Å². The smallest absolute Gasteiger partial charge is 0.0510 e. The summed E-state index contributed by atoms with van der Waals surface area (Å²) in [6.07, 6.45) is 0. The number of nitrogens with zero attached hydrogens (tertiary/aromatic N) is 6. The van der Waals surface area contributed by atoms with E-state index in [9.17, 15) is 0 Å². The standard InChI is InChI=1S/CH5N7/c1-3-5-7-8-6-4-2/h1H3,(H2,2,3,6,7). The molecule has 7 heteroatoms. The van der Waals surface area contributed by atoms with Gasteiger partial charge in [-0.15, -0.1) is 0 Å². The molecule has 0 fully saturated rings. The summed E-state index contributed by atoms with van der Waals surface area (Å²) in [6.45, 7) is 0. The van der Waals surface area contributed by atoms with Gasteiger partial charge in [0.2, 0.25) is 0 Å². The zero-order valence-corrected chi connectivity index (χ0v) is 4.26. The van der Waals surface area contributed by atoms with E-state index >= 15 is 0 Å². The molecule has 0 rings (SSSR count). The van der Waals surface area contributed by atoms with Crippen molar-refractivity contribution >= 4 is 0 Å². The molecule has 0 aromatic rings. The van der Waals surface area contributed by atoms with Crippen molar-refractivity contribution in [2.45, 2.75) is 0 Å². The third kappa shape index (κ3) is 4.60. The van der Waals surface area contributed by atoms with Gasteiger partial charge in [0, 0.05) is 0 Å². The molecular weight excluding hydrogens is 110 g/mol. The summed E-state index contributed by atoms with van der Waals surface area (Å²) in [4.78, 5) is 0. The molecular formula is CH5N7. The lowest BCUT2D eigenvalue weighted by atomic mass is 11.6. The van der Waals surface area contributed by atoms with E-state index in [1.807, 2.05) is 0 Å². The Bertz CT molecular complexity index is 95.6. The van der Waals surface area contributed by atoms with Crippen molar-refractivity contribution in [2.75, 3.05) is 7.05 Å². The second kappa shape index (κ2) is 5.60. The molecule has 0 saturated carbocycles. The fourth-order valence-electron chi connectivity index (χ4n) is 0.0989. The first-order chi connectivity index (χ1) is 3.91. The molecule has 0 aromatic carbocycles. The maximum Gasteiger partial charge on any atom is 0.0510 e. The van der Waals surface area contributed by atoms with Gasteiger partial charge in [0.25, 0.3) is 0 Å². The Morgan fingerprint density at radius 2 is 1.62 bits per heavy atom. The Hall–Kier alpha value is -1.40. The Balaban J connectivity index is 3.35. The van der Waals surface area contributed by atoms with E-state index in [2.05, 4.69) is 37.1 Å². The summed E-state index contributed by atoms with van der Waals surface area (Å²) in [7, 11) is 1.46. The SMILES string of the molecule is C\N=N/N=N/N=N/N. The van der Waals surface area contributed by atoms with Crippen LogP contribution < -0.4 is 5.84 Å². The van der Waals surface area contributed by atoms with Gasteiger partial charge in [-0.25, -0.2) is 0 Å². The first kappa shape index (κ1) is 6.60. The molecule has 0 aliphatic rings. The molecule has 44 valence electrons. The minimum Gasteiger partial charge on any atom is -0.303 e. The third-order valence-corrected chi connectivity index (χ3v) is 0.261. The summed E-state index contributed by atoms with van der Waals surface area (Å²) in [5.41, 5.74) is 0. The third-order valence-electron chi connectivity index (χ3n) is 0.261. The zero-order chi connectivity index (χ0) is 6.24. The Morgan fingerprint density at radius 3 is 2.12 bits per heavy atom. The maximum absolute atomic E-state index is 4.54. The lowest BCUT2D eigenvalue weighted by molar-refractivity contribution is 0.818. The molecule has 0 aliphatic heterocycles. The highest BCUT2D eigenvalue weighted by Crippen LogP contribution is 1.77. The highest BCUT2D eigenvalue weighted by molar-refractivity contribution is 4.06. The van der Waals surface area contributed by atoms with E-state index in [4.69, 9.17) is 0 Å². The summed E-state index contributed by atoms with van der Waals surface area (Å²) < 4.78 is 0. The summed E-state index contributed by atoms with van der Waals surface area (Å²) in [5.74, 6) is 4.54. The van der Waals surface area contributed by atoms with Gasteiger partial charge in [0.15, 0.2) is 0 Å². The van der Waals surface area contributed by atoms with Gasteiger partial charge < -0.3 is 5.84 Å². The van der Waals surface area contributed by atoms with Gasteiger partial charge in [0.1, 0.15) is 0 Å². The number of hydrogen-bond donors (Lipinski definition) is 1. The van der Waals surface area contributed by atoms with Crippen molar-refractivity contribution in [1.29, 1.82) is 0 Å². The molecule has 0 atom stereocenters. The number of nitrogens with two attached hydrogens (primary N) is 1. The minimum absolute atomic E-state index is 1.46. The fourth-order valence-corrected chi connectivity index (χ4v) is 0.0989. The van der Waals surface area contributed by atoms with Crippen LogP contribution in [-0.2, 0) is 0 Å². The van der Waals surface area contributed by atoms with E-state index in [1.54, 1.807) is 0 Å². The molecule has 0 heterocycles. The zero-order valence-electron chi connectivity index (χ0n) is 4.26. The van der Waals surface area contributed by atoms with E-state index < -0.39 is 0 Å². The van der Waals surface area contributed by atoms with Crippen LogP contribution in [0.5, 0.6) is 0 Å². The fraction of sp³-hybridized carbons (Fsp3) is 1.00. The first-order valence-corrected chi connectivity index (χ1v) is 1.71. The normalized spacial score (nSPS) is 12.6. The van der Waals surface area contributed by atoms with Gasteiger partial charge in [0.05, 0.1) is 7.05 Å². The maximum atomic E-state index is 4.54. The molecule has 2 N–H and O–H groups in total. The van der Waals surface area contributed by atoms with E-state index in [1.165, 1.54) is 7.05 Å². The monoisotopic (exact) mass is 115 g/mol. The molecule has 0 bridgehead atoms. The van der Waals surface area contributed by atoms with Crippen LogP contribution in [0.2, 0.25) is 0 Å². The van der Waals surface area contributed by atoms with Crippen molar-refractivity contribution in [3.8, 4) is 0 Å². The first-order valence-electron chi connectivity index (χ1n) is 1.71. The van der Waals surface area contributed by atoms with Gasteiger partial charge in [-0.05, 0) is 20.9 Å². The summed E-state index contributed by atoms with van der Waals surface area (Å²) in [6, 6.07) is 0. The van der Waals surface area contributed by atoms with Crippen molar-refractivity contribution in [2.24, 2.45) is 37.1 Å². The molecule has 0 radical (unpaired) electrons. The molecule has 0 aromatic heterocycles. The van der Waals surface area contributed by atoms with Gasteiger partial charge in [-0.1, -0.05) is 5.22 Å². The van der Waals surface area contributed by atoms with Crippen molar-refractivity contribution < 1.29 is 0 Å². The summed E-state index contributed by atoms with van der Waals surface area (Å²) in [5, 5.41) is 18.0. The van der Waals surface area contributed by atoms with Crippen LogP contribution in [0.1, 0.15) is 0 Å². The molecule has 0 aliphatic carbocycles. The molecule has 0 saturated heterocycles. The highest BCUT2D eigenvalue weighted by atomic mass is 15.6. The van der Waals surface area contributed by atoms with E-state index in [-0.39, 0.29) is 0 Å². The summed E-state index contributed by atoms with van der Waals surface area (Å²) >= 11 is 0. The second-order valence-electron chi connectivity index (χ2n) is 0.673. The topological polar surface area (TPSA) is 100 Å². The molecule has 8 heavy (non-hydrogen) atoms. The van der Waals surface area contributed by atoms with Crippen LogP contribution in [0.25, 0.3) is 0 Å². The largest absolute Gasteiger partial charge is 0.303 e. The average Bonchev–Trinajstić information content (AvgIpc) is 1.81. The molecule has 0 amide bonds. The lowest BCUT2D eigenvalue weighted by Gasteiger charge is -1.65. The van der Waals surface area contributed by atoms with Crippen molar-refractivity contribution in [3.63, 3.8) is 0 Å². The van der Waals surface area contributed by atoms with Crippen LogP contribution in [-0.4, -0.2) is 7.05 Å². The lowest BCUT2D eigenvalue weighted by Crippen LogP contribution is -1.70. The Labute approximate surface area is 45.3 Å². The predicted octanol–water partition coefficient (Wildman–Crippen LogP) is 0.677. The minimum atomic E-state index is 1.46.